The first-order valence-electron chi connectivity index (χ1n) is 12.0. The zero-order valence-electron chi connectivity index (χ0n) is 20.6. The van der Waals surface area contributed by atoms with Crippen molar-refractivity contribution in [1.29, 1.82) is 0 Å². The van der Waals surface area contributed by atoms with Gasteiger partial charge in [0, 0.05) is 47.7 Å². The Morgan fingerprint density at radius 2 is 1.69 bits per heavy atom. The van der Waals surface area contributed by atoms with Gasteiger partial charge in [0.15, 0.2) is 0 Å². The second kappa shape index (κ2) is 8.64. The van der Waals surface area contributed by atoms with Gasteiger partial charge in [-0.1, -0.05) is 39.0 Å². The predicted molar refractivity (Wildman–Crippen MR) is 142 cm³/mol. The van der Waals surface area contributed by atoms with Crippen molar-refractivity contribution >= 4 is 11.4 Å². The summed E-state index contributed by atoms with van der Waals surface area (Å²) in [5.74, 6) is 2.43. The number of para-hydroxylation sites is 1. The predicted octanol–water partition coefficient (Wildman–Crippen LogP) is 7.21. The molecule has 178 valence electrons. The molecule has 1 aliphatic rings. The fourth-order valence-corrected chi connectivity index (χ4v) is 4.53. The number of hydrogen-bond acceptors (Lipinski definition) is 5. The third-order valence-electron chi connectivity index (χ3n) is 6.42. The van der Waals surface area contributed by atoms with Crippen molar-refractivity contribution in [3.63, 3.8) is 0 Å². The van der Waals surface area contributed by atoms with E-state index in [1.807, 2.05) is 36.7 Å². The number of fused-ring (bicyclic) bond motifs is 3. The number of imidazole rings is 1. The van der Waals surface area contributed by atoms with Gasteiger partial charge >= 0.3 is 0 Å². The van der Waals surface area contributed by atoms with Crippen LogP contribution in [0.1, 0.15) is 26.3 Å². The Hall–Kier alpha value is -4.45. The molecule has 6 heteroatoms. The molecule has 2 aromatic carbocycles. The summed E-state index contributed by atoms with van der Waals surface area (Å²) in [6.07, 6.45) is 9.21. The molecule has 1 aliphatic heterocycles. The zero-order valence-corrected chi connectivity index (χ0v) is 20.6. The number of benzene rings is 2. The van der Waals surface area contributed by atoms with Gasteiger partial charge in [0.2, 0.25) is 0 Å². The molecule has 0 amide bonds. The van der Waals surface area contributed by atoms with Gasteiger partial charge < -0.3 is 14.2 Å². The molecule has 0 spiro atoms. The third-order valence-corrected chi connectivity index (χ3v) is 6.42. The van der Waals surface area contributed by atoms with Crippen molar-refractivity contribution in [2.45, 2.75) is 32.9 Å². The molecule has 0 fully saturated rings. The Labute approximate surface area is 210 Å². The van der Waals surface area contributed by atoms with Crippen LogP contribution in [-0.4, -0.2) is 19.5 Å². The fraction of sp³-hybridized carbons (Fsp3) is 0.167. The highest BCUT2D eigenvalue weighted by atomic mass is 16.5. The van der Waals surface area contributed by atoms with Crippen LogP contribution in [0.5, 0.6) is 11.5 Å². The summed E-state index contributed by atoms with van der Waals surface area (Å²) in [7, 11) is 0. The lowest BCUT2D eigenvalue weighted by molar-refractivity contribution is 0.476. The summed E-state index contributed by atoms with van der Waals surface area (Å²) in [5, 5.41) is 0. The molecule has 0 radical (unpaired) electrons. The van der Waals surface area contributed by atoms with E-state index in [0.29, 0.717) is 12.4 Å². The molecule has 0 saturated carbocycles. The maximum atomic E-state index is 6.41. The second-order valence-electron chi connectivity index (χ2n) is 10.00. The monoisotopic (exact) mass is 473 g/mol. The van der Waals surface area contributed by atoms with Gasteiger partial charge in [-0.15, -0.1) is 0 Å². The first kappa shape index (κ1) is 22.0. The molecular formula is C30H27N5O. The van der Waals surface area contributed by atoms with E-state index in [0.717, 1.165) is 39.8 Å². The molecule has 0 aliphatic carbocycles. The quantitative estimate of drug-likeness (QED) is 0.276. The van der Waals surface area contributed by atoms with Crippen molar-refractivity contribution in [2.24, 2.45) is 0 Å². The van der Waals surface area contributed by atoms with Crippen LogP contribution in [0.4, 0.5) is 11.4 Å². The maximum absolute atomic E-state index is 6.41. The summed E-state index contributed by atoms with van der Waals surface area (Å²) in [5.41, 5.74) is 6.23. The van der Waals surface area contributed by atoms with Crippen molar-refractivity contribution < 1.29 is 4.74 Å². The smallest absolute Gasteiger partial charge is 0.146 e. The van der Waals surface area contributed by atoms with E-state index >= 15 is 0 Å². The van der Waals surface area contributed by atoms with Crippen LogP contribution >= 0.6 is 0 Å². The van der Waals surface area contributed by atoms with Crippen LogP contribution in [0.3, 0.4) is 0 Å². The van der Waals surface area contributed by atoms with Crippen molar-refractivity contribution in [1.82, 2.24) is 19.5 Å². The summed E-state index contributed by atoms with van der Waals surface area (Å²) in [6.45, 7) is 7.34. The van der Waals surface area contributed by atoms with Gasteiger partial charge in [-0.25, -0.2) is 4.98 Å². The molecule has 0 bridgehead atoms. The number of ether oxygens (including phenoxy) is 1. The molecule has 6 nitrogen and oxygen atoms in total. The molecule has 0 unspecified atom stereocenters. The highest BCUT2D eigenvalue weighted by Gasteiger charge is 2.25. The number of nitrogens with zero attached hydrogens (tertiary/aromatic N) is 5. The minimum Gasteiger partial charge on any atom is -0.456 e. The minimum atomic E-state index is -0.0579. The SMILES string of the molecule is CC(C)(C)c1cc(Oc2cncc(-c3ccccn3)c2)cc(N2Cn3ccnc3-c3ccccc32)c1. The highest BCUT2D eigenvalue weighted by molar-refractivity contribution is 5.81. The molecule has 3 aromatic heterocycles. The van der Waals surface area contributed by atoms with Gasteiger partial charge in [-0.05, 0) is 53.4 Å². The molecule has 6 rings (SSSR count). The van der Waals surface area contributed by atoms with Gasteiger partial charge in [-0.3, -0.25) is 9.97 Å². The van der Waals surface area contributed by atoms with Gasteiger partial charge in [0.05, 0.1) is 17.6 Å². The molecule has 5 aromatic rings. The lowest BCUT2D eigenvalue weighted by Gasteiger charge is -2.33. The number of pyridine rings is 2. The average Bonchev–Trinajstić information content (AvgIpc) is 3.37. The summed E-state index contributed by atoms with van der Waals surface area (Å²) < 4.78 is 8.59. The van der Waals surface area contributed by atoms with Gasteiger partial charge in [-0.2, -0.15) is 0 Å². The topological polar surface area (TPSA) is 56.1 Å². The van der Waals surface area contributed by atoms with E-state index < -0.39 is 0 Å². The summed E-state index contributed by atoms with van der Waals surface area (Å²) in [4.78, 5) is 15.8. The van der Waals surface area contributed by atoms with E-state index in [1.54, 1.807) is 18.6 Å². The fourth-order valence-electron chi connectivity index (χ4n) is 4.53. The van der Waals surface area contributed by atoms with E-state index in [2.05, 4.69) is 87.7 Å². The van der Waals surface area contributed by atoms with E-state index in [4.69, 9.17) is 4.74 Å². The first-order valence-corrected chi connectivity index (χ1v) is 12.0. The van der Waals surface area contributed by atoms with Crippen LogP contribution in [0, 0.1) is 0 Å². The van der Waals surface area contributed by atoms with Crippen LogP contribution in [0.2, 0.25) is 0 Å². The normalized spacial score (nSPS) is 12.7. The van der Waals surface area contributed by atoms with E-state index in [9.17, 15) is 0 Å². The Bertz CT molecular complexity index is 1530. The summed E-state index contributed by atoms with van der Waals surface area (Å²) >= 11 is 0. The molecule has 0 atom stereocenters. The van der Waals surface area contributed by atoms with Crippen molar-refractivity contribution in [3.8, 4) is 34.1 Å². The van der Waals surface area contributed by atoms with Gasteiger partial charge in [0.25, 0.3) is 0 Å². The third kappa shape index (κ3) is 4.11. The highest BCUT2D eigenvalue weighted by Crippen LogP contribution is 2.42. The molecule has 36 heavy (non-hydrogen) atoms. The van der Waals surface area contributed by atoms with Crippen LogP contribution in [0.15, 0.2) is 97.7 Å². The van der Waals surface area contributed by atoms with E-state index in [-0.39, 0.29) is 5.41 Å². The van der Waals surface area contributed by atoms with Crippen molar-refractivity contribution in [3.05, 3.63) is 103 Å². The minimum absolute atomic E-state index is 0.0579. The largest absolute Gasteiger partial charge is 0.456 e. The number of aromatic nitrogens is 4. The Morgan fingerprint density at radius 1 is 0.833 bits per heavy atom. The Balaban J connectivity index is 1.41. The van der Waals surface area contributed by atoms with E-state index in [1.165, 1.54) is 5.56 Å². The number of rotatable bonds is 4. The molecular weight excluding hydrogens is 446 g/mol. The standard InChI is InChI=1S/C30H27N5O/c1-30(2,3)22-15-23(35-20-34-13-12-33-29(34)26-8-4-5-10-28(26)35)17-24(16-22)36-25-14-21(18-31-19-25)27-9-6-7-11-32-27/h4-19H,20H2,1-3H3. The lowest BCUT2D eigenvalue weighted by atomic mass is 9.86. The molecule has 0 N–H and O–H groups in total. The Morgan fingerprint density at radius 3 is 2.53 bits per heavy atom. The number of anilines is 2. The van der Waals surface area contributed by atoms with Crippen LogP contribution in [0.25, 0.3) is 22.6 Å². The lowest BCUT2D eigenvalue weighted by Crippen LogP contribution is -2.26. The average molecular weight is 474 g/mol. The number of hydrogen-bond donors (Lipinski definition) is 0. The zero-order chi connectivity index (χ0) is 24.7. The van der Waals surface area contributed by atoms with Crippen LogP contribution < -0.4 is 9.64 Å². The second-order valence-corrected chi connectivity index (χ2v) is 10.00. The van der Waals surface area contributed by atoms with Gasteiger partial charge in [0.1, 0.15) is 24.0 Å². The molecule has 4 heterocycles. The van der Waals surface area contributed by atoms with Crippen LogP contribution in [-0.2, 0) is 12.1 Å². The van der Waals surface area contributed by atoms with Crippen molar-refractivity contribution in [2.75, 3.05) is 4.90 Å². The first-order chi connectivity index (χ1) is 17.5. The maximum Gasteiger partial charge on any atom is 0.146 e. The Kier molecular flexibility index (Phi) is 5.29. The summed E-state index contributed by atoms with van der Waals surface area (Å²) in [6, 6.07) is 22.7. The molecule has 0 saturated heterocycles.